The standard InChI is InChI=1S/C13H17N3O/c1-14-9-13-12(8-15-16(13)2)10-4-6-11(17-3)7-5-10/h4-8,14H,9H2,1-3H3. The van der Waals surface area contributed by atoms with Gasteiger partial charge in [-0.3, -0.25) is 4.68 Å². The lowest BCUT2D eigenvalue weighted by Gasteiger charge is -2.06. The average molecular weight is 231 g/mol. The summed E-state index contributed by atoms with van der Waals surface area (Å²) in [5.74, 6) is 0.868. The number of nitrogens with one attached hydrogen (secondary N) is 1. The molecule has 0 saturated heterocycles. The zero-order valence-electron chi connectivity index (χ0n) is 10.4. The molecule has 2 aromatic rings. The van der Waals surface area contributed by atoms with Crippen molar-refractivity contribution in [1.29, 1.82) is 0 Å². The molecule has 0 saturated carbocycles. The summed E-state index contributed by atoms with van der Waals surface area (Å²) in [7, 11) is 5.57. The number of methoxy groups -OCH3 is 1. The summed E-state index contributed by atoms with van der Waals surface area (Å²) in [6.07, 6.45) is 1.90. The van der Waals surface area contributed by atoms with Crippen LogP contribution >= 0.6 is 0 Å². The Kier molecular flexibility index (Phi) is 3.44. The van der Waals surface area contributed by atoms with Crippen LogP contribution in [0.15, 0.2) is 30.5 Å². The second-order valence-electron chi connectivity index (χ2n) is 3.89. The summed E-state index contributed by atoms with van der Waals surface area (Å²) in [6, 6.07) is 8.03. The van der Waals surface area contributed by atoms with E-state index in [9.17, 15) is 0 Å². The van der Waals surface area contributed by atoms with Crippen molar-refractivity contribution in [3.63, 3.8) is 0 Å². The van der Waals surface area contributed by atoms with Crippen LogP contribution in [0.1, 0.15) is 5.69 Å². The number of aryl methyl sites for hydroxylation is 1. The van der Waals surface area contributed by atoms with Crippen molar-refractivity contribution in [2.24, 2.45) is 7.05 Å². The van der Waals surface area contributed by atoms with Crippen molar-refractivity contribution in [3.05, 3.63) is 36.2 Å². The molecule has 17 heavy (non-hydrogen) atoms. The number of rotatable bonds is 4. The van der Waals surface area contributed by atoms with E-state index < -0.39 is 0 Å². The van der Waals surface area contributed by atoms with Gasteiger partial charge in [0.25, 0.3) is 0 Å². The molecule has 0 unspecified atom stereocenters. The molecule has 0 amide bonds. The van der Waals surface area contributed by atoms with E-state index in [1.165, 1.54) is 5.69 Å². The monoisotopic (exact) mass is 231 g/mol. The van der Waals surface area contributed by atoms with E-state index in [0.717, 1.165) is 23.4 Å². The number of benzene rings is 1. The highest BCUT2D eigenvalue weighted by Gasteiger charge is 2.09. The van der Waals surface area contributed by atoms with Gasteiger partial charge in [0.15, 0.2) is 0 Å². The Balaban J connectivity index is 2.38. The summed E-state index contributed by atoms with van der Waals surface area (Å²) >= 11 is 0. The zero-order valence-corrected chi connectivity index (χ0v) is 10.4. The highest BCUT2D eigenvalue weighted by Crippen LogP contribution is 2.25. The third-order valence-electron chi connectivity index (χ3n) is 2.81. The third kappa shape index (κ3) is 2.31. The van der Waals surface area contributed by atoms with Crippen LogP contribution in [0, 0.1) is 0 Å². The van der Waals surface area contributed by atoms with E-state index >= 15 is 0 Å². The van der Waals surface area contributed by atoms with Crippen LogP contribution in [0.4, 0.5) is 0 Å². The lowest BCUT2D eigenvalue weighted by atomic mass is 10.1. The largest absolute Gasteiger partial charge is 0.497 e. The van der Waals surface area contributed by atoms with E-state index in [1.54, 1.807) is 7.11 Å². The molecule has 1 N–H and O–H groups in total. The topological polar surface area (TPSA) is 39.1 Å². The molecule has 1 heterocycles. The van der Waals surface area contributed by atoms with Gasteiger partial charge in [-0.05, 0) is 24.7 Å². The predicted octanol–water partition coefficient (Wildman–Crippen LogP) is 1.82. The molecular weight excluding hydrogens is 214 g/mol. The molecule has 0 fully saturated rings. The second-order valence-corrected chi connectivity index (χ2v) is 3.89. The van der Waals surface area contributed by atoms with Crippen molar-refractivity contribution in [1.82, 2.24) is 15.1 Å². The minimum Gasteiger partial charge on any atom is -0.497 e. The summed E-state index contributed by atoms with van der Waals surface area (Å²) in [6.45, 7) is 0.803. The molecule has 0 spiro atoms. The van der Waals surface area contributed by atoms with Gasteiger partial charge in [0.1, 0.15) is 5.75 Å². The molecule has 4 heteroatoms. The first kappa shape index (κ1) is 11.7. The van der Waals surface area contributed by atoms with Crippen LogP contribution in [-0.4, -0.2) is 23.9 Å². The Morgan fingerprint density at radius 1 is 1.29 bits per heavy atom. The normalized spacial score (nSPS) is 10.5. The maximum Gasteiger partial charge on any atom is 0.118 e. The Hall–Kier alpha value is -1.81. The van der Waals surface area contributed by atoms with Gasteiger partial charge in [0, 0.05) is 19.2 Å². The van der Waals surface area contributed by atoms with Crippen LogP contribution < -0.4 is 10.1 Å². The molecule has 4 nitrogen and oxygen atoms in total. The van der Waals surface area contributed by atoms with Gasteiger partial charge in [-0.1, -0.05) is 12.1 Å². The molecule has 0 aliphatic rings. The van der Waals surface area contributed by atoms with Crippen LogP contribution in [0.2, 0.25) is 0 Å². The number of hydrogen-bond donors (Lipinski definition) is 1. The molecule has 0 atom stereocenters. The number of nitrogens with zero attached hydrogens (tertiary/aromatic N) is 2. The first-order valence-corrected chi connectivity index (χ1v) is 5.56. The fourth-order valence-corrected chi connectivity index (χ4v) is 1.85. The molecular formula is C13H17N3O. The average Bonchev–Trinajstić information content (AvgIpc) is 2.72. The van der Waals surface area contributed by atoms with Crippen LogP contribution in [0.25, 0.3) is 11.1 Å². The smallest absolute Gasteiger partial charge is 0.118 e. The Morgan fingerprint density at radius 3 is 2.59 bits per heavy atom. The summed E-state index contributed by atoms with van der Waals surface area (Å²) in [5, 5.41) is 7.46. The summed E-state index contributed by atoms with van der Waals surface area (Å²) in [5.41, 5.74) is 3.49. The first-order valence-electron chi connectivity index (χ1n) is 5.56. The summed E-state index contributed by atoms with van der Waals surface area (Å²) < 4.78 is 7.05. The van der Waals surface area contributed by atoms with Crippen molar-refractivity contribution in [2.75, 3.05) is 14.2 Å². The van der Waals surface area contributed by atoms with E-state index in [1.807, 2.05) is 37.1 Å². The van der Waals surface area contributed by atoms with Gasteiger partial charge < -0.3 is 10.1 Å². The van der Waals surface area contributed by atoms with Gasteiger partial charge in [-0.25, -0.2) is 0 Å². The maximum atomic E-state index is 5.15. The molecule has 2 rings (SSSR count). The fourth-order valence-electron chi connectivity index (χ4n) is 1.85. The molecule has 0 aliphatic heterocycles. The quantitative estimate of drug-likeness (QED) is 0.872. The van der Waals surface area contributed by atoms with Gasteiger partial charge >= 0.3 is 0 Å². The van der Waals surface area contributed by atoms with E-state index in [4.69, 9.17) is 4.74 Å². The van der Waals surface area contributed by atoms with Crippen LogP contribution in [-0.2, 0) is 13.6 Å². The molecule has 0 aliphatic carbocycles. The van der Waals surface area contributed by atoms with Crippen molar-refractivity contribution >= 4 is 0 Å². The van der Waals surface area contributed by atoms with Gasteiger partial charge in [-0.2, -0.15) is 5.10 Å². The van der Waals surface area contributed by atoms with E-state index in [-0.39, 0.29) is 0 Å². The third-order valence-corrected chi connectivity index (χ3v) is 2.81. The van der Waals surface area contributed by atoms with Crippen molar-refractivity contribution in [2.45, 2.75) is 6.54 Å². The maximum absolute atomic E-state index is 5.15. The molecule has 1 aromatic heterocycles. The van der Waals surface area contributed by atoms with Gasteiger partial charge in [0.05, 0.1) is 19.0 Å². The van der Waals surface area contributed by atoms with Crippen molar-refractivity contribution in [3.8, 4) is 16.9 Å². The lowest BCUT2D eigenvalue weighted by Crippen LogP contribution is -2.10. The lowest BCUT2D eigenvalue weighted by molar-refractivity contribution is 0.415. The SMILES string of the molecule is CNCc1c(-c2ccc(OC)cc2)cnn1C. The minimum atomic E-state index is 0.803. The van der Waals surface area contributed by atoms with Crippen molar-refractivity contribution < 1.29 is 4.74 Å². The first-order chi connectivity index (χ1) is 8.26. The summed E-state index contributed by atoms with van der Waals surface area (Å²) in [4.78, 5) is 0. The predicted molar refractivity (Wildman–Crippen MR) is 68.0 cm³/mol. The number of ether oxygens (including phenoxy) is 1. The number of hydrogen-bond acceptors (Lipinski definition) is 3. The highest BCUT2D eigenvalue weighted by molar-refractivity contribution is 5.66. The number of aromatic nitrogens is 2. The fraction of sp³-hybridized carbons (Fsp3) is 0.308. The van der Waals surface area contributed by atoms with E-state index in [0.29, 0.717) is 0 Å². The van der Waals surface area contributed by atoms with Gasteiger partial charge in [-0.15, -0.1) is 0 Å². The highest BCUT2D eigenvalue weighted by atomic mass is 16.5. The minimum absolute atomic E-state index is 0.803. The molecule has 90 valence electrons. The zero-order chi connectivity index (χ0) is 12.3. The van der Waals surface area contributed by atoms with Crippen LogP contribution in [0.3, 0.4) is 0 Å². The van der Waals surface area contributed by atoms with E-state index in [2.05, 4.69) is 22.5 Å². The molecule has 1 aromatic carbocycles. The van der Waals surface area contributed by atoms with Crippen LogP contribution in [0.5, 0.6) is 5.75 Å². The second kappa shape index (κ2) is 5.01. The molecule has 0 radical (unpaired) electrons. The molecule has 0 bridgehead atoms. The Bertz CT molecular complexity index is 488. The Labute approximate surface area is 101 Å². The van der Waals surface area contributed by atoms with Gasteiger partial charge in [0.2, 0.25) is 0 Å². The Morgan fingerprint density at radius 2 is 2.00 bits per heavy atom.